The quantitative estimate of drug-likeness (QED) is 0.804. The summed E-state index contributed by atoms with van der Waals surface area (Å²) in [6, 6.07) is 8.05. The van der Waals surface area contributed by atoms with Gasteiger partial charge < -0.3 is 14.5 Å². The summed E-state index contributed by atoms with van der Waals surface area (Å²) in [5, 5.41) is 0. The van der Waals surface area contributed by atoms with Gasteiger partial charge in [0.25, 0.3) is 0 Å². The standard InChI is InChI=1S/C15H20N2O2/c1-16-6-8-17(9-7-16)15(18)10-12-11-19-14-5-3-2-4-13(12)14/h2-5,12H,6-11H2,1H3. The van der Waals surface area contributed by atoms with Crippen molar-refractivity contribution in [1.29, 1.82) is 0 Å². The zero-order valence-corrected chi connectivity index (χ0v) is 11.3. The van der Waals surface area contributed by atoms with Crippen LogP contribution in [0, 0.1) is 0 Å². The zero-order valence-electron chi connectivity index (χ0n) is 11.3. The van der Waals surface area contributed by atoms with E-state index >= 15 is 0 Å². The number of amides is 1. The van der Waals surface area contributed by atoms with Gasteiger partial charge in [-0.3, -0.25) is 4.79 Å². The highest BCUT2D eigenvalue weighted by Crippen LogP contribution is 2.35. The monoisotopic (exact) mass is 260 g/mol. The lowest BCUT2D eigenvalue weighted by Crippen LogP contribution is -2.47. The summed E-state index contributed by atoms with van der Waals surface area (Å²) < 4.78 is 5.64. The third-order valence-electron chi connectivity index (χ3n) is 4.08. The average molecular weight is 260 g/mol. The summed E-state index contributed by atoms with van der Waals surface area (Å²) in [6.07, 6.45) is 0.570. The predicted molar refractivity (Wildman–Crippen MR) is 73.4 cm³/mol. The molecule has 0 radical (unpaired) electrons. The van der Waals surface area contributed by atoms with Gasteiger partial charge in [-0.1, -0.05) is 18.2 Å². The maximum atomic E-state index is 12.3. The number of para-hydroxylation sites is 1. The van der Waals surface area contributed by atoms with Gasteiger partial charge in [-0.2, -0.15) is 0 Å². The van der Waals surface area contributed by atoms with Crippen molar-refractivity contribution in [2.45, 2.75) is 12.3 Å². The van der Waals surface area contributed by atoms with Crippen molar-refractivity contribution in [2.24, 2.45) is 0 Å². The highest BCUT2D eigenvalue weighted by atomic mass is 16.5. The van der Waals surface area contributed by atoms with E-state index in [1.165, 1.54) is 5.56 Å². The van der Waals surface area contributed by atoms with Crippen molar-refractivity contribution in [1.82, 2.24) is 9.80 Å². The Labute approximate surface area is 113 Å². The molecule has 19 heavy (non-hydrogen) atoms. The number of fused-ring (bicyclic) bond motifs is 1. The zero-order chi connectivity index (χ0) is 13.2. The summed E-state index contributed by atoms with van der Waals surface area (Å²) in [5.41, 5.74) is 1.19. The molecule has 0 saturated carbocycles. The maximum absolute atomic E-state index is 12.3. The fraction of sp³-hybridized carbons (Fsp3) is 0.533. The van der Waals surface area contributed by atoms with Gasteiger partial charge in [0.2, 0.25) is 5.91 Å². The molecule has 2 aliphatic heterocycles. The van der Waals surface area contributed by atoms with Gasteiger partial charge in [0.05, 0.1) is 6.61 Å². The molecule has 4 heteroatoms. The van der Waals surface area contributed by atoms with E-state index in [0.717, 1.165) is 31.9 Å². The number of piperazine rings is 1. The third-order valence-corrected chi connectivity index (χ3v) is 4.08. The summed E-state index contributed by atoms with van der Waals surface area (Å²) in [6.45, 7) is 4.29. The Kier molecular flexibility index (Phi) is 3.42. The van der Waals surface area contributed by atoms with Crippen LogP contribution in [0.25, 0.3) is 0 Å². The van der Waals surface area contributed by atoms with Crippen molar-refractivity contribution >= 4 is 5.91 Å². The molecule has 1 aromatic rings. The number of carbonyl (C=O) groups excluding carboxylic acids is 1. The van der Waals surface area contributed by atoms with Crippen LogP contribution < -0.4 is 4.74 Å². The molecule has 1 saturated heterocycles. The third kappa shape index (κ3) is 2.59. The van der Waals surface area contributed by atoms with Crippen LogP contribution in [0.15, 0.2) is 24.3 Å². The van der Waals surface area contributed by atoms with E-state index in [4.69, 9.17) is 4.74 Å². The Morgan fingerprint density at radius 1 is 1.26 bits per heavy atom. The van der Waals surface area contributed by atoms with Crippen molar-refractivity contribution in [3.05, 3.63) is 29.8 Å². The molecule has 1 amide bonds. The molecule has 0 aromatic heterocycles. The summed E-state index contributed by atoms with van der Waals surface area (Å²) in [7, 11) is 2.10. The van der Waals surface area contributed by atoms with Crippen LogP contribution in [0.3, 0.4) is 0 Å². The minimum atomic E-state index is 0.225. The van der Waals surface area contributed by atoms with Gasteiger partial charge in [-0.05, 0) is 13.1 Å². The normalized spacial score (nSPS) is 23.0. The van der Waals surface area contributed by atoms with E-state index in [1.807, 2.05) is 23.1 Å². The van der Waals surface area contributed by atoms with E-state index in [1.54, 1.807) is 0 Å². The topological polar surface area (TPSA) is 32.8 Å². The minimum Gasteiger partial charge on any atom is -0.493 e. The van der Waals surface area contributed by atoms with Crippen LogP contribution in [0.5, 0.6) is 5.75 Å². The number of ether oxygens (including phenoxy) is 1. The lowest BCUT2D eigenvalue weighted by atomic mass is 9.97. The highest BCUT2D eigenvalue weighted by molar-refractivity contribution is 5.77. The molecule has 0 spiro atoms. The Bertz CT molecular complexity index is 467. The molecule has 102 valence electrons. The van der Waals surface area contributed by atoms with Gasteiger partial charge in [0.15, 0.2) is 0 Å². The summed E-state index contributed by atoms with van der Waals surface area (Å²) in [5.74, 6) is 1.43. The molecule has 0 aliphatic carbocycles. The van der Waals surface area contributed by atoms with Gasteiger partial charge in [-0.15, -0.1) is 0 Å². The SMILES string of the molecule is CN1CCN(C(=O)CC2COc3ccccc32)CC1. The van der Waals surface area contributed by atoms with Gasteiger partial charge >= 0.3 is 0 Å². The first-order valence-electron chi connectivity index (χ1n) is 6.92. The predicted octanol–water partition coefficient (Wildman–Crippen LogP) is 1.33. The molecular weight excluding hydrogens is 240 g/mol. The number of carbonyl (C=O) groups is 1. The average Bonchev–Trinajstić information content (AvgIpc) is 2.83. The Morgan fingerprint density at radius 3 is 2.79 bits per heavy atom. The van der Waals surface area contributed by atoms with Crippen LogP contribution in [-0.2, 0) is 4.79 Å². The lowest BCUT2D eigenvalue weighted by molar-refractivity contribution is -0.133. The minimum absolute atomic E-state index is 0.225. The lowest BCUT2D eigenvalue weighted by Gasteiger charge is -2.33. The number of rotatable bonds is 2. The first-order valence-corrected chi connectivity index (χ1v) is 6.92. The molecule has 1 atom stereocenters. The molecule has 1 unspecified atom stereocenters. The van der Waals surface area contributed by atoms with E-state index in [9.17, 15) is 4.79 Å². The molecule has 2 heterocycles. The second-order valence-corrected chi connectivity index (χ2v) is 5.43. The van der Waals surface area contributed by atoms with Crippen molar-refractivity contribution in [3.8, 4) is 5.75 Å². The summed E-state index contributed by atoms with van der Waals surface area (Å²) >= 11 is 0. The first kappa shape index (κ1) is 12.5. The molecule has 0 bridgehead atoms. The van der Waals surface area contributed by atoms with E-state index < -0.39 is 0 Å². The van der Waals surface area contributed by atoms with Crippen LogP contribution in [0.1, 0.15) is 17.9 Å². The Balaban J connectivity index is 1.62. The van der Waals surface area contributed by atoms with Crippen molar-refractivity contribution < 1.29 is 9.53 Å². The molecule has 1 aromatic carbocycles. The second kappa shape index (κ2) is 5.21. The fourth-order valence-electron chi connectivity index (χ4n) is 2.79. The molecule has 0 N–H and O–H groups in total. The highest BCUT2D eigenvalue weighted by Gasteiger charge is 2.28. The number of hydrogen-bond acceptors (Lipinski definition) is 3. The number of hydrogen-bond donors (Lipinski definition) is 0. The van der Waals surface area contributed by atoms with Crippen LogP contribution in [-0.4, -0.2) is 55.5 Å². The largest absolute Gasteiger partial charge is 0.493 e. The van der Waals surface area contributed by atoms with Gasteiger partial charge in [-0.25, -0.2) is 0 Å². The Morgan fingerprint density at radius 2 is 2.00 bits per heavy atom. The van der Waals surface area contributed by atoms with Crippen LogP contribution >= 0.6 is 0 Å². The number of benzene rings is 1. The maximum Gasteiger partial charge on any atom is 0.223 e. The first-order chi connectivity index (χ1) is 9.24. The van der Waals surface area contributed by atoms with Gasteiger partial charge in [0, 0.05) is 44.1 Å². The second-order valence-electron chi connectivity index (χ2n) is 5.43. The van der Waals surface area contributed by atoms with E-state index in [2.05, 4.69) is 18.0 Å². The Hall–Kier alpha value is -1.55. The van der Waals surface area contributed by atoms with Crippen molar-refractivity contribution in [3.63, 3.8) is 0 Å². The number of nitrogens with zero attached hydrogens (tertiary/aromatic N) is 2. The van der Waals surface area contributed by atoms with Gasteiger partial charge in [0.1, 0.15) is 5.75 Å². The van der Waals surface area contributed by atoms with Crippen LogP contribution in [0.2, 0.25) is 0 Å². The molecule has 4 nitrogen and oxygen atoms in total. The molecule has 1 fully saturated rings. The van der Waals surface area contributed by atoms with Crippen molar-refractivity contribution in [2.75, 3.05) is 39.8 Å². The molecular formula is C15H20N2O2. The van der Waals surface area contributed by atoms with E-state index in [-0.39, 0.29) is 11.8 Å². The number of likely N-dealkylation sites (N-methyl/N-ethyl adjacent to an activating group) is 1. The fourth-order valence-corrected chi connectivity index (χ4v) is 2.79. The van der Waals surface area contributed by atoms with E-state index in [0.29, 0.717) is 13.0 Å². The molecule has 3 rings (SSSR count). The molecule has 2 aliphatic rings. The smallest absolute Gasteiger partial charge is 0.223 e. The summed E-state index contributed by atoms with van der Waals surface area (Å²) in [4.78, 5) is 16.6. The van der Waals surface area contributed by atoms with Crippen LogP contribution in [0.4, 0.5) is 0 Å².